The summed E-state index contributed by atoms with van der Waals surface area (Å²) in [6, 6.07) is 8.48. The molecule has 1 aliphatic rings. The zero-order valence-corrected chi connectivity index (χ0v) is 13.3. The van der Waals surface area contributed by atoms with Crippen LogP contribution in [0.4, 0.5) is 5.69 Å². The van der Waals surface area contributed by atoms with E-state index in [0.717, 1.165) is 13.0 Å². The van der Waals surface area contributed by atoms with E-state index < -0.39 is 0 Å². The second-order valence-corrected chi connectivity index (χ2v) is 6.19. The van der Waals surface area contributed by atoms with Crippen molar-refractivity contribution in [3.63, 3.8) is 0 Å². The molecule has 0 bridgehead atoms. The first-order valence-electron chi connectivity index (χ1n) is 7.88. The van der Waals surface area contributed by atoms with Crippen molar-refractivity contribution in [1.29, 1.82) is 0 Å². The number of nitrogens with zero attached hydrogens (tertiary/aromatic N) is 4. The first kappa shape index (κ1) is 14.0. The fourth-order valence-electron chi connectivity index (χ4n) is 3.32. The van der Waals surface area contributed by atoms with Crippen molar-refractivity contribution >= 4 is 16.7 Å². The van der Waals surface area contributed by atoms with Gasteiger partial charge in [0, 0.05) is 19.3 Å². The van der Waals surface area contributed by atoms with Gasteiger partial charge in [-0.25, -0.2) is 4.98 Å². The van der Waals surface area contributed by atoms with Gasteiger partial charge in [-0.15, -0.1) is 0 Å². The zero-order valence-electron chi connectivity index (χ0n) is 13.3. The quantitative estimate of drug-likeness (QED) is 0.788. The van der Waals surface area contributed by atoms with Crippen molar-refractivity contribution in [3.05, 3.63) is 52.2 Å². The predicted octanol–water partition coefficient (Wildman–Crippen LogP) is 2.17. The Morgan fingerprint density at radius 3 is 3.04 bits per heavy atom. The van der Waals surface area contributed by atoms with Gasteiger partial charge >= 0.3 is 0 Å². The number of nitrogens with one attached hydrogen (secondary N) is 1. The summed E-state index contributed by atoms with van der Waals surface area (Å²) in [5, 5.41) is 4.64. The van der Waals surface area contributed by atoms with Crippen molar-refractivity contribution in [2.75, 3.05) is 11.4 Å². The molecule has 0 saturated carbocycles. The maximum absolute atomic E-state index is 12.2. The lowest BCUT2D eigenvalue weighted by atomic mass is 9.91. The van der Waals surface area contributed by atoms with Gasteiger partial charge in [0.25, 0.3) is 5.56 Å². The Kier molecular flexibility index (Phi) is 3.18. The van der Waals surface area contributed by atoms with Crippen LogP contribution < -0.4 is 10.5 Å². The topological polar surface area (TPSA) is 66.8 Å². The number of hydrogen-bond donors (Lipinski definition) is 1. The van der Waals surface area contributed by atoms with Crippen LogP contribution in [0.3, 0.4) is 0 Å². The van der Waals surface area contributed by atoms with Crippen molar-refractivity contribution in [3.8, 4) is 0 Å². The van der Waals surface area contributed by atoms with E-state index in [1.165, 1.54) is 11.3 Å². The SMILES string of the molecule is CC1CCN(Cc2nc3c(cnn3C)c(=O)[nH]2)c2ccccc21. The molecular weight excluding hydrogens is 290 g/mol. The number of aryl methyl sites for hydroxylation is 1. The Balaban J connectivity index is 1.73. The molecule has 23 heavy (non-hydrogen) atoms. The molecule has 3 aromatic rings. The maximum atomic E-state index is 12.2. The third kappa shape index (κ3) is 2.30. The number of para-hydroxylation sites is 1. The average Bonchev–Trinajstić information content (AvgIpc) is 2.92. The highest BCUT2D eigenvalue weighted by atomic mass is 16.1. The lowest BCUT2D eigenvalue weighted by Crippen LogP contribution is -2.31. The van der Waals surface area contributed by atoms with Crippen molar-refractivity contribution in [2.45, 2.75) is 25.8 Å². The molecule has 1 unspecified atom stereocenters. The summed E-state index contributed by atoms with van der Waals surface area (Å²) in [4.78, 5) is 21.9. The van der Waals surface area contributed by atoms with Crippen LogP contribution in [-0.4, -0.2) is 26.3 Å². The molecule has 6 heteroatoms. The Hall–Kier alpha value is -2.63. The number of fused-ring (bicyclic) bond motifs is 2. The molecule has 4 rings (SSSR count). The van der Waals surface area contributed by atoms with Gasteiger partial charge in [-0.05, 0) is 24.0 Å². The fraction of sp³-hybridized carbons (Fsp3) is 0.353. The van der Waals surface area contributed by atoms with Gasteiger partial charge in [0.1, 0.15) is 11.2 Å². The number of H-pyrrole nitrogens is 1. The van der Waals surface area contributed by atoms with E-state index in [1.54, 1.807) is 17.9 Å². The molecule has 0 saturated heterocycles. The van der Waals surface area contributed by atoms with Gasteiger partial charge < -0.3 is 9.88 Å². The van der Waals surface area contributed by atoms with Crippen LogP contribution in [0.1, 0.15) is 30.7 Å². The van der Waals surface area contributed by atoms with Crippen molar-refractivity contribution in [1.82, 2.24) is 19.7 Å². The van der Waals surface area contributed by atoms with Crippen LogP contribution in [0.2, 0.25) is 0 Å². The van der Waals surface area contributed by atoms with E-state index in [9.17, 15) is 4.79 Å². The summed E-state index contributed by atoms with van der Waals surface area (Å²) in [7, 11) is 1.80. The second-order valence-electron chi connectivity index (χ2n) is 6.19. The van der Waals surface area contributed by atoms with Gasteiger partial charge in [-0.3, -0.25) is 9.48 Å². The summed E-state index contributed by atoms with van der Waals surface area (Å²) in [6.07, 6.45) is 2.66. The minimum Gasteiger partial charge on any atom is -0.364 e. The molecule has 1 aliphatic heterocycles. The van der Waals surface area contributed by atoms with Gasteiger partial charge in [0.15, 0.2) is 5.65 Å². The molecule has 0 aliphatic carbocycles. The third-order valence-electron chi connectivity index (χ3n) is 4.63. The molecule has 0 spiro atoms. The van der Waals surface area contributed by atoms with Crippen LogP contribution in [0, 0.1) is 0 Å². The molecule has 2 aromatic heterocycles. The molecule has 0 fully saturated rings. The molecular formula is C17H19N5O. The van der Waals surface area contributed by atoms with Crippen LogP contribution in [-0.2, 0) is 13.6 Å². The van der Waals surface area contributed by atoms with Gasteiger partial charge in [-0.1, -0.05) is 25.1 Å². The van der Waals surface area contributed by atoms with E-state index in [0.29, 0.717) is 29.3 Å². The number of benzene rings is 1. The minimum absolute atomic E-state index is 0.128. The second kappa shape index (κ2) is 5.22. The highest BCUT2D eigenvalue weighted by Gasteiger charge is 2.22. The number of aromatic nitrogens is 4. The number of aromatic amines is 1. The summed E-state index contributed by atoms with van der Waals surface area (Å²) in [5.74, 6) is 1.24. The predicted molar refractivity (Wildman–Crippen MR) is 89.7 cm³/mol. The number of rotatable bonds is 2. The normalized spacial score (nSPS) is 17.5. The highest BCUT2D eigenvalue weighted by molar-refractivity contribution is 5.73. The molecule has 118 valence electrons. The van der Waals surface area contributed by atoms with Crippen LogP contribution in [0.5, 0.6) is 0 Å². The summed E-state index contributed by atoms with van der Waals surface area (Å²) >= 11 is 0. The fourth-order valence-corrected chi connectivity index (χ4v) is 3.32. The van der Waals surface area contributed by atoms with E-state index >= 15 is 0 Å². The first-order chi connectivity index (χ1) is 11.1. The smallest absolute Gasteiger partial charge is 0.262 e. The van der Waals surface area contributed by atoms with Gasteiger partial charge in [-0.2, -0.15) is 5.10 Å². The Bertz CT molecular complexity index is 926. The Labute approximate surface area is 133 Å². The van der Waals surface area contributed by atoms with Crippen LogP contribution in [0.25, 0.3) is 11.0 Å². The summed E-state index contributed by atoms with van der Waals surface area (Å²) in [5.41, 5.74) is 3.10. The van der Waals surface area contributed by atoms with E-state index in [-0.39, 0.29) is 5.56 Å². The lowest BCUT2D eigenvalue weighted by Gasteiger charge is -2.34. The summed E-state index contributed by atoms with van der Waals surface area (Å²) in [6.45, 7) is 3.82. The lowest BCUT2D eigenvalue weighted by molar-refractivity contribution is 0.601. The van der Waals surface area contributed by atoms with E-state index in [4.69, 9.17) is 0 Å². The molecule has 1 atom stereocenters. The first-order valence-corrected chi connectivity index (χ1v) is 7.88. The van der Waals surface area contributed by atoms with Crippen LogP contribution in [0.15, 0.2) is 35.3 Å². The number of hydrogen-bond acceptors (Lipinski definition) is 4. The Morgan fingerprint density at radius 1 is 1.35 bits per heavy atom. The Morgan fingerprint density at radius 2 is 2.17 bits per heavy atom. The maximum Gasteiger partial charge on any atom is 0.262 e. The average molecular weight is 309 g/mol. The molecule has 3 heterocycles. The number of anilines is 1. The van der Waals surface area contributed by atoms with Gasteiger partial charge in [0.05, 0.1) is 12.7 Å². The zero-order chi connectivity index (χ0) is 16.0. The molecule has 1 aromatic carbocycles. The van der Waals surface area contributed by atoms with E-state index in [1.807, 2.05) is 0 Å². The van der Waals surface area contributed by atoms with Crippen molar-refractivity contribution < 1.29 is 0 Å². The molecule has 1 N–H and O–H groups in total. The largest absolute Gasteiger partial charge is 0.364 e. The minimum atomic E-state index is -0.128. The summed E-state index contributed by atoms with van der Waals surface area (Å²) < 4.78 is 1.64. The molecule has 6 nitrogen and oxygen atoms in total. The van der Waals surface area contributed by atoms with Crippen LogP contribution >= 0.6 is 0 Å². The van der Waals surface area contributed by atoms with E-state index in [2.05, 4.69) is 51.2 Å². The molecule has 0 radical (unpaired) electrons. The van der Waals surface area contributed by atoms with Crippen molar-refractivity contribution in [2.24, 2.45) is 7.05 Å². The molecule has 0 amide bonds. The van der Waals surface area contributed by atoms with Gasteiger partial charge in [0.2, 0.25) is 0 Å². The highest BCUT2D eigenvalue weighted by Crippen LogP contribution is 2.35. The standard InChI is InChI=1S/C17H19N5O/c1-11-7-8-22(14-6-4-3-5-12(11)14)10-15-19-16-13(17(23)20-15)9-18-21(16)2/h3-6,9,11H,7-8,10H2,1-2H3,(H,19,20,23). The third-order valence-corrected chi connectivity index (χ3v) is 4.63. The monoisotopic (exact) mass is 309 g/mol.